The Morgan fingerprint density at radius 1 is 1.35 bits per heavy atom. The van der Waals surface area contributed by atoms with E-state index in [1.54, 1.807) is 17.9 Å². The van der Waals surface area contributed by atoms with Gasteiger partial charge in [0, 0.05) is 18.9 Å². The van der Waals surface area contributed by atoms with E-state index in [2.05, 4.69) is 20.3 Å². The highest BCUT2D eigenvalue weighted by Gasteiger charge is 2.14. The standard InChI is InChI=1S/C12H15N5O3/c1-8-10(5-13-16(8)2)12(19)15-9-4-14-17(6-9)7-11(18)20-3/h4-6H,7H2,1-3H3,(H,15,19). The zero-order valence-electron chi connectivity index (χ0n) is 11.5. The van der Waals surface area contributed by atoms with Gasteiger partial charge in [0.15, 0.2) is 0 Å². The molecule has 20 heavy (non-hydrogen) atoms. The van der Waals surface area contributed by atoms with Crippen LogP contribution in [-0.4, -0.2) is 38.5 Å². The lowest BCUT2D eigenvalue weighted by atomic mass is 10.2. The van der Waals surface area contributed by atoms with Crippen molar-refractivity contribution < 1.29 is 14.3 Å². The topological polar surface area (TPSA) is 91.0 Å². The lowest BCUT2D eigenvalue weighted by Gasteiger charge is -2.02. The highest BCUT2D eigenvalue weighted by Crippen LogP contribution is 2.11. The van der Waals surface area contributed by atoms with Crippen LogP contribution in [0.5, 0.6) is 0 Å². The summed E-state index contributed by atoms with van der Waals surface area (Å²) in [6, 6.07) is 0. The van der Waals surface area contributed by atoms with Gasteiger partial charge in [-0.1, -0.05) is 0 Å². The molecule has 0 aliphatic carbocycles. The van der Waals surface area contributed by atoms with Crippen LogP contribution in [0.3, 0.4) is 0 Å². The van der Waals surface area contributed by atoms with Gasteiger partial charge in [0.05, 0.1) is 30.8 Å². The zero-order chi connectivity index (χ0) is 14.7. The summed E-state index contributed by atoms with van der Waals surface area (Å²) in [7, 11) is 3.07. The van der Waals surface area contributed by atoms with Crippen LogP contribution in [0.4, 0.5) is 5.69 Å². The molecule has 0 aromatic carbocycles. The average Bonchev–Trinajstić information content (AvgIpc) is 2.98. The first-order valence-corrected chi connectivity index (χ1v) is 5.90. The van der Waals surface area contributed by atoms with Gasteiger partial charge in [0.1, 0.15) is 6.54 Å². The van der Waals surface area contributed by atoms with E-state index < -0.39 is 5.97 Å². The van der Waals surface area contributed by atoms with Crippen LogP contribution in [0.25, 0.3) is 0 Å². The van der Waals surface area contributed by atoms with Crippen LogP contribution >= 0.6 is 0 Å². The SMILES string of the molecule is COC(=O)Cn1cc(NC(=O)c2cnn(C)c2C)cn1. The molecule has 0 radical (unpaired) electrons. The zero-order valence-corrected chi connectivity index (χ0v) is 11.5. The monoisotopic (exact) mass is 277 g/mol. The highest BCUT2D eigenvalue weighted by atomic mass is 16.5. The summed E-state index contributed by atoms with van der Waals surface area (Å²) >= 11 is 0. The van der Waals surface area contributed by atoms with E-state index in [9.17, 15) is 9.59 Å². The molecule has 0 unspecified atom stereocenters. The van der Waals surface area contributed by atoms with Gasteiger partial charge in [-0.3, -0.25) is 19.0 Å². The molecular formula is C12H15N5O3. The molecule has 8 nitrogen and oxygen atoms in total. The van der Waals surface area contributed by atoms with Gasteiger partial charge >= 0.3 is 5.97 Å². The number of carbonyl (C=O) groups is 2. The fourth-order valence-corrected chi connectivity index (χ4v) is 1.63. The van der Waals surface area contributed by atoms with Crippen molar-refractivity contribution in [2.75, 3.05) is 12.4 Å². The largest absolute Gasteiger partial charge is 0.468 e. The molecule has 0 fully saturated rings. The van der Waals surface area contributed by atoms with Crippen LogP contribution < -0.4 is 5.32 Å². The first-order valence-electron chi connectivity index (χ1n) is 5.90. The summed E-state index contributed by atoms with van der Waals surface area (Å²) in [6.45, 7) is 1.81. The summed E-state index contributed by atoms with van der Waals surface area (Å²) in [5.74, 6) is -0.678. The van der Waals surface area contributed by atoms with Crippen molar-refractivity contribution >= 4 is 17.6 Å². The van der Waals surface area contributed by atoms with E-state index >= 15 is 0 Å². The van der Waals surface area contributed by atoms with Crippen molar-refractivity contribution in [2.24, 2.45) is 7.05 Å². The van der Waals surface area contributed by atoms with Gasteiger partial charge in [0.2, 0.25) is 0 Å². The van der Waals surface area contributed by atoms with Crippen LogP contribution in [0.2, 0.25) is 0 Å². The Morgan fingerprint density at radius 2 is 2.10 bits per heavy atom. The number of anilines is 1. The van der Waals surface area contributed by atoms with Crippen LogP contribution in [0.1, 0.15) is 16.1 Å². The number of hydrogen-bond donors (Lipinski definition) is 1. The number of nitrogens with one attached hydrogen (secondary N) is 1. The Kier molecular flexibility index (Phi) is 3.83. The fourth-order valence-electron chi connectivity index (χ4n) is 1.63. The fraction of sp³-hybridized carbons (Fsp3) is 0.333. The molecule has 0 spiro atoms. The minimum atomic E-state index is -0.408. The third-order valence-corrected chi connectivity index (χ3v) is 2.89. The maximum Gasteiger partial charge on any atom is 0.327 e. The number of esters is 1. The van der Waals surface area contributed by atoms with Gasteiger partial charge in [0.25, 0.3) is 5.91 Å². The van der Waals surface area contributed by atoms with Crippen molar-refractivity contribution in [1.29, 1.82) is 0 Å². The minimum Gasteiger partial charge on any atom is -0.468 e. The summed E-state index contributed by atoms with van der Waals surface area (Å²) in [4.78, 5) is 23.1. The summed E-state index contributed by atoms with van der Waals surface area (Å²) in [5, 5.41) is 10.7. The van der Waals surface area contributed by atoms with Crippen molar-refractivity contribution in [3.8, 4) is 0 Å². The number of carbonyl (C=O) groups excluding carboxylic acids is 2. The lowest BCUT2D eigenvalue weighted by molar-refractivity contribution is -0.141. The van der Waals surface area contributed by atoms with E-state index in [1.165, 1.54) is 24.2 Å². The smallest absolute Gasteiger partial charge is 0.327 e. The first kappa shape index (κ1) is 13.8. The van der Waals surface area contributed by atoms with Gasteiger partial charge in [-0.2, -0.15) is 10.2 Å². The van der Waals surface area contributed by atoms with Crippen molar-refractivity contribution in [3.63, 3.8) is 0 Å². The molecule has 0 saturated carbocycles. The third kappa shape index (κ3) is 2.85. The molecule has 1 amide bonds. The molecule has 1 N–H and O–H groups in total. The summed E-state index contributed by atoms with van der Waals surface area (Å²) in [5.41, 5.74) is 1.76. The predicted octanol–water partition coefficient (Wildman–Crippen LogP) is 0.350. The predicted molar refractivity (Wildman–Crippen MR) is 70.1 cm³/mol. The molecule has 2 rings (SSSR count). The van der Waals surface area contributed by atoms with Gasteiger partial charge in [-0.25, -0.2) is 0 Å². The molecule has 8 heteroatoms. The van der Waals surface area contributed by atoms with Gasteiger partial charge in [-0.05, 0) is 6.92 Å². The van der Waals surface area contributed by atoms with Gasteiger partial charge in [-0.15, -0.1) is 0 Å². The maximum atomic E-state index is 12.0. The Balaban J connectivity index is 2.05. The molecule has 0 aliphatic heterocycles. The van der Waals surface area contributed by atoms with Crippen molar-refractivity contribution in [1.82, 2.24) is 19.6 Å². The van der Waals surface area contributed by atoms with Crippen LogP contribution in [-0.2, 0) is 23.1 Å². The van der Waals surface area contributed by atoms with Crippen molar-refractivity contribution in [3.05, 3.63) is 29.8 Å². The molecule has 2 aromatic rings. The van der Waals surface area contributed by atoms with E-state index in [-0.39, 0.29) is 12.5 Å². The lowest BCUT2D eigenvalue weighted by Crippen LogP contribution is -2.13. The Hall–Kier alpha value is -2.64. The summed E-state index contributed by atoms with van der Waals surface area (Å²) < 4.78 is 7.54. The maximum absolute atomic E-state index is 12.0. The van der Waals surface area contributed by atoms with E-state index in [1.807, 2.05) is 6.92 Å². The molecule has 2 aromatic heterocycles. The second-order valence-corrected chi connectivity index (χ2v) is 4.22. The number of rotatable bonds is 4. The highest BCUT2D eigenvalue weighted by molar-refractivity contribution is 6.04. The second-order valence-electron chi connectivity index (χ2n) is 4.22. The first-order chi connectivity index (χ1) is 9.51. The Bertz CT molecular complexity index is 643. The number of nitrogens with zero attached hydrogens (tertiary/aromatic N) is 4. The third-order valence-electron chi connectivity index (χ3n) is 2.89. The minimum absolute atomic E-state index is 0.00170. The molecule has 106 valence electrons. The number of aryl methyl sites for hydroxylation is 1. The molecule has 0 saturated heterocycles. The average molecular weight is 277 g/mol. The number of amides is 1. The van der Waals surface area contributed by atoms with Crippen LogP contribution in [0, 0.1) is 6.92 Å². The Morgan fingerprint density at radius 3 is 2.70 bits per heavy atom. The van der Waals surface area contributed by atoms with E-state index in [0.717, 1.165) is 5.69 Å². The normalized spacial score (nSPS) is 10.3. The Labute approximate surface area is 115 Å². The second kappa shape index (κ2) is 5.55. The summed E-state index contributed by atoms with van der Waals surface area (Å²) in [6.07, 6.45) is 4.52. The van der Waals surface area contributed by atoms with E-state index in [4.69, 9.17) is 0 Å². The van der Waals surface area contributed by atoms with E-state index in [0.29, 0.717) is 11.3 Å². The molecule has 0 atom stereocenters. The molecular weight excluding hydrogens is 262 g/mol. The quantitative estimate of drug-likeness (QED) is 0.814. The van der Waals surface area contributed by atoms with Crippen molar-refractivity contribution in [2.45, 2.75) is 13.5 Å². The molecule has 0 bridgehead atoms. The molecule has 2 heterocycles. The molecule has 0 aliphatic rings. The number of hydrogen-bond acceptors (Lipinski definition) is 5. The van der Waals surface area contributed by atoms with Crippen LogP contribution in [0.15, 0.2) is 18.6 Å². The van der Waals surface area contributed by atoms with Gasteiger partial charge < -0.3 is 10.1 Å². The number of ether oxygens (including phenoxy) is 1. The number of methoxy groups -OCH3 is 1. The number of aromatic nitrogens is 4.